The molecule has 0 saturated carbocycles. The Morgan fingerprint density at radius 2 is 2.00 bits per heavy atom. The number of nitrogens with zero attached hydrogens (tertiary/aromatic N) is 2. The van der Waals surface area contributed by atoms with Gasteiger partial charge in [-0.05, 0) is 50.1 Å². The van der Waals surface area contributed by atoms with Crippen LogP contribution in [0.25, 0.3) is 11.3 Å². The summed E-state index contributed by atoms with van der Waals surface area (Å²) in [6.07, 6.45) is 3.86. The molecule has 4 rings (SSSR count). The molecule has 2 saturated heterocycles. The van der Waals surface area contributed by atoms with E-state index in [2.05, 4.69) is 9.80 Å². The van der Waals surface area contributed by atoms with Crippen molar-refractivity contribution >= 4 is 5.91 Å². The highest BCUT2D eigenvalue weighted by molar-refractivity contribution is 5.78. The fourth-order valence-electron chi connectivity index (χ4n) is 3.97. The van der Waals surface area contributed by atoms with Gasteiger partial charge in [0, 0.05) is 25.6 Å². The number of benzene rings is 1. The first-order valence-corrected chi connectivity index (χ1v) is 9.06. The zero-order valence-electron chi connectivity index (χ0n) is 14.3. The van der Waals surface area contributed by atoms with Crippen molar-refractivity contribution in [2.45, 2.75) is 38.3 Å². The van der Waals surface area contributed by atoms with Gasteiger partial charge in [0.25, 0.3) is 0 Å². The fraction of sp³-hybridized carbons (Fsp3) is 0.450. The van der Waals surface area contributed by atoms with Crippen molar-refractivity contribution in [3.05, 3.63) is 48.0 Å². The quantitative estimate of drug-likeness (QED) is 0.851. The van der Waals surface area contributed by atoms with E-state index in [1.807, 2.05) is 18.2 Å². The summed E-state index contributed by atoms with van der Waals surface area (Å²) < 4.78 is 19.8. The molecule has 5 heteroatoms. The number of hydrogen-bond donors (Lipinski definition) is 0. The van der Waals surface area contributed by atoms with Crippen LogP contribution in [0.15, 0.2) is 40.8 Å². The number of likely N-dealkylation sites (tertiary alicyclic amines) is 2. The normalized spacial score (nSPS) is 21.9. The summed E-state index contributed by atoms with van der Waals surface area (Å²) in [7, 11) is 0. The van der Waals surface area contributed by atoms with Gasteiger partial charge in [-0.25, -0.2) is 4.39 Å². The molecule has 0 aliphatic carbocycles. The van der Waals surface area contributed by atoms with Gasteiger partial charge in [-0.2, -0.15) is 0 Å². The van der Waals surface area contributed by atoms with Crippen molar-refractivity contribution in [1.82, 2.24) is 9.80 Å². The molecule has 4 nitrogen and oxygen atoms in total. The molecule has 1 aromatic carbocycles. The lowest BCUT2D eigenvalue weighted by atomic mass is 10.0. The van der Waals surface area contributed by atoms with E-state index in [-0.39, 0.29) is 5.82 Å². The first-order valence-electron chi connectivity index (χ1n) is 9.06. The molecule has 2 aromatic rings. The minimum atomic E-state index is -0.269. The van der Waals surface area contributed by atoms with Crippen molar-refractivity contribution in [1.29, 1.82) is 0 Å². The SMILES string of the molecule is O=C1CCCN1[C@H]1CCCN(Cc2ccc(-c3ccccc3F)o2)C1. The zero-order chi connectivity index (χ0) is 17.2. The van der Waals surface area contributed by atoms with Crippen LogP contribution < -0.4 is 0 Å². The van der Waals surface area contributed by atoms with Crippen LogP contribution in [0.4, 0.5) is 4.39 Å². The number of piperidine rings is 1. The molecule has 2 aliphatic heterocycles. The second kappa shape index (κ2) is 7.00. The van der Waals surface area contributed by atoms with Crippen molar-refractivity contribution < 1.29 is 13.6 Å². The molecule has 0 bridgehead atoms. The predicted molar refractivity (Wildman–Crippen MR) is 93.3 cm³/mol. The number of carbonyl (C=O) groups excluding carboxylic acids is 1. The monoisotopic (exact) mass is 342 g/mol. The predicted octanol–water partition coefficient (Wildman–Crippen LogP) is 3.67. The lowest BCUT2D eigenvalue weighted by molar-refractivity contribution is -0.130. The van der Waals surface area contributed by atoms with Gasteiger partial charge in [-0.1, -0.05) is 12.1 Å². The third-order valence-electron chi connectivity index (χ3n) is 5.21. The third kappa shape index (κ3) is 3.47. The summed E-state index contributed by atoms with van der Waals surface area (Å²) in [5, 5.41) is 0. The van der Waals surface area contributed by atoms with Crippen LogP contribution >= 0.6 is 0 Å². The van der Waals surface area contributed by atoms with Gasteiger partial charge in [0.1, 0.15) is 17.3 Å². The van der Waals surface area contributed by atoms with E-state index in [1.54, 1.807) is 12.1 Å². The molecule has 0 N–H and O–H groups in total. The van der Waals surface area contributed by atoms with Crippen molar-refractivity contribution in [2.24, 2.45) is 0 Å². The van der Waals surface area contributed by atoms with Crippen LogP contribution in [0, 0.1) is 5.82 Å². The van der Waals surface area contributed by atoms with E-state index in [1.165, 1.54) is 6.07 Å². The summed E-state index contributed by atoms with van der Waals surface area (Å²) in [5.41, 5.74) is 0.493. The fourth-order valence-corrected chi connectivity index (χ4v) is 3.97. The summed E-state index contributed by atoms with van der Waals surface area (Å²) in [6.45, 7) is 3.50. The van der Waals surface area contributed by atoms with Crippen molar-refractivity contribution in [3.8, 4) is 11.3 Å². The Labute approximate surface area is 147 Å². The van der Waals surface area contributed by atoms with Crippen LogP contribution in [0.2, 0.25) is 0 Å². The molecule has 0 radical (unpaired) electrons. The first-order chi connectivity index (χ1) is 12.2. The topological polar surface area (TPSA) is 36.7 Å². The summed E-state index contributed by atoms with van der Waals surface area (Å²) in [5.74, 6) is 1.43. The van der Waals surface area contributed by atoms with E-state index in [9.17, 15) is 9.18 Å². The van der Waals surface area contributed by atoms with Crippen LogP contribution in [-0.4, -0.2) is 41.4 Å². The number of hydrogen-bond acceptors (Lipinski definition) is 3. The number of rotatable bonds is 4. The lowest BCUT2D eigenvalue weighted by Crippen LogP contribution is -2.48. The average molecular weight is 342 g/mol. The van der Waals surface area contributed by atoms with Gasteiger partial charge in [-0.3, -0.25) is 9.69 Å². The second-order valence-corrected chi connectivity index (χ2v) is 6.97. The Morgan fingerprint density at radius 1 is 1.12 bits per heavy atom. The Hall–Kier alpha value is -2.14. The van der Waals surface area contributed by atoms with Crippen molar-refractivity contribution in [3.63, 3.8) is 0 Å². The molecule has 132 valence electrons. The van der Waals surface area contributed by atoms with Gasteiger partial charge >= 0.3 is 0 Å². The van der Waals surface area contributed by atoms with Gasteiger partial charge in [0.15, 0.2) is 0 Å². The Bertz CT molecular complexity index is 758. The van der Waals surface area contributed by atoms with E-state index in [4.69, 9.17) is 4.42 Å². The zero-order valence-corrected chi connectivity index (χ0v) is 14.3. The second-order valence-electron chi connectivity index (χ2n) is 6.97. The lowest BCUT2D eigenvalue weighted by Gasteiger charge is -2.37. The maximum atomic E-state index is 13.9. The maximum absolute atomic E-state index is 13.9. The highest BCUT2D eigenvalue weighted by Crippen LogP contribution is 2.27. The molecule has 2 fully saturated rings. The molecule has 1 amide bonds. The highest BCUT2D eigenvalue weighted by Gasteiger charge is 2.31. The molecule has 0 unspecified atom stereocenters. The largest absolute Gasteiger partial charge is 0.460 e. The number of halogens is 1. The van der Waals surface area contributed by atoms with E-state index >= 15 is 0 Å². The number of furan rings is 1. The van der Waals surface area contributed by atoms with Crippen molar-refractivity contribution in [2.75, 3.05) is 19.6 Å². The Morgan fingerprint density at radius 3 is 2.80 bits per heavy atom. The molecular weight excluding hydrogens is 319 g/mol. The highest BCUT2D eigenvalue weighted by atomic mass is 19.1. The van der Waals surface area contributed by atoms with Gasteiger partial charge < -0.3 is 9.32 Å². The number of amides is 1. The summed E-state index contributed by atoms with van der Waals surface area (Å²) in [4.78, 5) is 16.4. The smallest absolute Gasteiger partial charge is 0.222 e. The van der Waals surface area contributed by atoms with Crippen LogP contribution in [0.1, 0.15) is 31.4 Å². The minimum Gasteiger partial charge on any atom is -0.460 e. The maximum Gasteiger partial charge on any atom is 0.222 e. The van der Waals surface area contributed by atoms with Gasteiger partial charge in [-0.15, -0.1) is 0 Å². The molecule has 0 spiro atoms. The van der Waals surface area contributed by atoms with Gasteiger partial charge in [0.05, 0.1) is 12.1 Å². The van der Waals surface area contributed by atoms with E-state index in [0.717, 1.165) is 44.7 Å². The molecule has 25 heavy (non-hydrogen) atoms. The third-order valence-corrected chi connectivity index (χ3v) is 5.21. The molecule has 3 heterocycles. The van der Waals surface area contributed by atoms with Crippen LogP contribution in [-0.2, 0) is 11.3 Å². The van der Waals surface area contributed by atoms with Crippen LogP contribution in [0.3, 0.4) is 0 Å². The Kier molecular flexibility index (Phi) is 4.57. The molecule has 1 aromatic heterocycles. The molecular formula is C20H23FN2O2. The van der Waals surface area contributed by atoms with Crippen LogP contribution in [0.5, 0.6) is 0 Å². The average Bonchev–Trinajstić information content (AvgIpc) is 3.25. The number of carbonyl (C=O) groups is 1. The summed E-state index contributed by atoms with van der Waals surface area (Å²) in [6, 6.07) is 10.7. The van der Waals surface area contributed by atoms with Gasteiger partial charge in [0.2, 0.25) is 5.91 Å². The van der Waals surface area contributed by atoms with E-state index < -0.39 is 0 Å². The first kappa shape index (κ1) is 16.3. The summed E-state index contributed by atoms with van der Waals surface area (Å²) >= 11 is 0. The minimum absolute atomic E-state index is 0.269. The molecule has 2 aliphatic rings. The van der Waals surface area contributed by atoms with E-state index in [0.29, 0.717) is 36.2 Å². The standard InChI is InChI=1S/C20H23FN2O2/c21-18-7-2-1-6-17(18)19-10-9-16(25-19)14-22-11-3-5-15(13-22)23-12-4-8-20(23)24/h1-2,6-7,9-10,15H,3-5,8,11-14H2/t15-/m0/s1. The Balaban J connectivity index is 1.42. The molecule has 1 atom stereocenters.